The molecule has 0 aliphatic rings. The summed E-state index contributed by atoms with van der Waals surface area (Å²) >= 11 is 1.56. The maximum absolute atomic E-state index is 12.0. The van der Waals surface area contributed by atoms with Crippen LogP contribution in [0.15, 0.2) is 35.8 Å². The number of carbonyl (C=O) groups excluding carboxylic acids is 1. The second kappa shape index (κ2) is 6.35. The van der Waals surface area contributed by atoms with Crippen molar-refractivity contribution in [2.24, 2.45) is 0 Å². The maximum Gasteiger partial charge on any atom is 0.251 e. The lowest BCUT2D eigenvalue weighted by molar-refractivity contribution is 0.0950. The number of anilines is 1. The SMILES string of the molecule is Nc1ccc(C(=O)NCc2nc(Cc3nccs3)n[nH]2)cc1. The molecule has 3 aromatic rings. The molecular formula is C14H14N6OS. The summed E-state index contributed by atoms with van der Waals surface area (Å²) < 4.78 is 0. The first kappa shape index (κ1) is 14.2. The van der Waals surface area contributed by atoms with Gasteiger partial charge in [0.15, 0.2) is 5.82 Å². The summed E-state index contributed by atoms with van der Waals surface area (Å²) in [4.78, 5) is 20.5. The summed E-state index contributed by atoms with van der Waals surface area (Å²) in [5, 5.41) is 12.6. The number of H-pyrrole nitrogens is 1. The van der Waals surface area contributed by atoms with Crippen molar-refractivity contribution in [2.45, 2.75) is 13.0 Å². The second-order valence-corrected chi connectivity index (χ2v) is 5.58. The van der Waals surface area contributed by atoms with Gasteiger partial charge in [-0.25, -0.2) is 9.97 Å². The summed E-state index contributed by atoms with van der Waals surface area (Å²) in [6.07, 6.45) is 2.33. The average Bonchev–Trinajstić information content (AvgIpc) is 3.18. The highest BCUT2D eigenvalue weighted by atomic mass is 32.1. The largest absolute Gasteiger partial charge is 0.399 e. The summed E-state index contributed by atoms with van der Waals surface area (Å²) in [6.45, 7) is 0.286. The molecule has 1 aromatic carbocycles. The third kappa shape index (κ3) is 3.47. The minimum absolute atomic E-state index is 0.183. The topological polar surface area (TPSA) is 110 Å². The fraction of sp³-hybridized carbons (Fsp3) is 0.143. The highest BCUT2D eigenvalue weighted by molar-refractivity contribution is 7.09. The molecule has 0 aliphatic heterocycles. The lowest BCUT2D eigenvalue weighted by atomic mass is 10.2. The highest BCUT2D eigenvalue weighted by Crippen LogP contribution is 2.09. The fourth-order valence-corrected chi connectivity index (χ4v) is 2.48. The van der Waals surface area contributed by atoms with Gasteiger partial charge in [0.05, 0.1) is 13.0 Å². The number of nitrogens with zero attached hydrogens (tertiary/aromatic N) is 3. The lowest BCUT2D eigenvalue weighted by Crippen LogP contribution is -2.23. The first-order valence-corrected chi connectivity index (χ1v) is 7.51. The van der Waals surface area contributed by atoms with Crippen molar-refractivity contribution in [1.82, 2.24) is 25.5 Å². The quantitative estimate of drug-likeness (QED) is 0.616. The number of benzene rings is 1. The van der Waals surface area contributed by atoms with Gasteiger partial charge >= 0.3 is 0 Å². The van der Waals surface area contributed by atoms with Gasteiger partial charge < -0.3 is 11.1 Å². The Kier molecular flexibility index (Phi) is 4.10. The summed E-state index contributed by atoms with van der Waals surface area (Å²) in [5.41, 5.74) is 6.77. The van der Waals surface area contributed by atoms with Gasteiger partial charge in [-0.1, -0.05) is 0 Å². The molecule has 8 heteroatoms. The van der Waals surface area contributed by atoms with Gasteiger partial charge in [0.2, 0.25) is 0 Å². The zero-order chi connectivity index (χ0) is 15.4. The van der Waals surface area contributed by atoms with Crippen LogP contribution in [0.1, 0.15) is 27.0 Å². The van der Waals surface area contributed by atoms with Crippen molar-refractivity contribution < 1.29 is 4.79 Å². The number of hydrogen-bond acceptors (Lipinski definition) is 6. The number of thiazole rings is 1. The predicted molar refractivity (Wildman–Crippen MR) is 83.3 cm³/mol. The molecule has 1 amide bonds. The zero-order valence-electron chi connectivity index (χ0n) is 11.6. The van der Waals surface area contributed by atoms with E-state index in [9.17, 15) is 4.79 Å². The normalized spacial score (nSPS) is 10.5. The number of aromatic amines is 1. The Morgan fingerprint density at radius 2 is 2.14 bits per heavy atom. The molecule has 4 N–H and O–H groups in total. The Morgan fingerprint density at radius 1 is 1.32 bits per heavy atom. The molecular weight excluding hydrogens is 300 g/mol. The number of nitrogen functional groups attached to an aromatic ring is 1. The van der Waals surface area contributed by atoms with E-state index in [2.05, 4.69) is 25.5 Å². The van der Waals surface area contributed by atoms with E-state index in [0.29, 0.717) is 29.3 Å². The van der Waals surface area contributed by atoms with Crippen molar-refractivity contribution in [1.29, 1.82) is 0 Å². The van der Waals surface area contributed by atoms with Crippen LogP contribution < -0.4 is 11.1 Å². The summed E-state index contributed by atoms with van der Waals surface area (Å²) in [5.74, 6) is 1.08. The predicted octanol–water partition coefficient (Wildman–Crippen LogP) is 1.36. The molecule has 2 aromatic heterocycles. The van der Waals surface area contributed by atoms with Gasteiger partial charge in [-0.15, -0.1) is 11.3 Å². The van der Waals surface area contributed by atoms with E-state index in [1.165, 1.54) is 0 Å². The molecule has 3 rings (SSSR count). The van der Waals surface area contributed by atoms with Crippen LogP contribution in [-0.2, 0) is 13.0 Å². The molecule has 0 bridgehead atoms. The average molecular weight is 314 g/mol. The van der Waals surface area contributed by atoms with Gasteiger partial charge in [0.1, 0.15) is 10.8 Å². The minimum Gasteiger partial charge on any atom is -0.399 e. The first-order valence-electron chi connectivity index (χ1n) is 6.63. The Hall–Kier alpha value is -2.74. The number of aromatic nitrogens is 4. The molecule has 0 radical (unpaired) electrons. The van der Waals surface area contributed by atoms with Crippen molar-refractivity contribution in [3.05, 3.63) is 58.1 Å². The molecule has 0 atom stereocenters. The lowest BCUT2D eigenvalue weighted by Gasteiger charge is -2.03. The van der Waals surface area contributed by atoms with Crippen molar-refractivity contribution >= 4 is 22.9 Å². The monoisotopic (exact) mass is 314 g/mol. The summed E-state index contributed by atoms with van der Waals surface area (Å²) in [7, 11) is 0. The third-order valence-electron chi connectivity index (χ3n) is 2.96. The van der Waals surface area contributed by atoms with Crippen molar-refractivity contribution in [3.63, 3.8) is 0 Å². The first-order chi connectivity index (χ1) is 10.7. The van der Waals surface area contributed by atoms with Crippen LogP contribution in [0.2, 0.25) is 0 Å². The molecule has 0 spiro atoms. The van der Waals surface area contributed by atoms with E-state index in [-0.39, 0.29) is 12.5 Å². The molecule has 0 fully saturated rings. The Bertz CT molecular complexity index is 750. The van der Waals surface area contributed by atoms with Crippen molar-refractivity contribution in [2.75, 3.05) is 5.73 Å². The Morgan fingerprint density at radius 3 is 2.86 bits per heavy atom. The number of rotatable bonds is 5. The van der Waals surface area contributed by atoms with Crippen LogP contribution in [0.5, 0.6) is 0 Å². The zero-order valence-corrected chi connectivity index (χ0v) is 12.4. The molecule has 0 unspecified atom stereocenters. The van der Waals surface area contributed by atoms with E-state index >= 15 is 0 Å². The molecule has 7 nitrogen and oxygen atoms in total. The molecule has 0 aliphatic carbocycles. The van der Waals surface area contributed by atoms with Crippen LogP contribution in [0.25, 0.3) is 0 Å². The molecule has 22 heavy (non-hydrogen) atoms. The van der Waals surface area contributed by atoms with Gasteiger partial charge in [0, 0.05) is 22.8 Å². The number of hydrogen-bond donors (Lipinski definition) is 3. The third-order valence-corrected chi connectivity index (χ3v) is 3.74. The number of nitrogens with two attached hydrogens (primary N) is 1. The van der Waals surface area contributed by atoms with Crippen LogP contribution in [0.4, 0.5) is 5.69 Å². The molecule has 2 heterocycles. The second-order valence-electron chi connectivity index (χ2n) is 4.61. The van der Waals surface area contributed by atoms with Crippen LogP contribution >= 0.6 is 11.3 Å². The van der Waals surface area contributed by atoms with Crippen molar-refractivity contribution in [3.8, 4) is 0 Å². The van der Waals surface area contributed by atoms with Gasteiger partial charge in [-0.05, 0) is 24.3 Å². The minimum atomic E-state index is -0.183. The Balaban J connectivity index is 1.56. The van der Waals surface area contributed by atoms with Crippen LogP contribution in [-0.4, -0.2) is 26.1 Å². The number of amides is 1. The summed E-state index contributed by atoms with van der Waals surface area (Å²) in [6, 6.07) is 6.74. The Labute approximate surface area is 130 Å². The number of carbonyl (C=O) groups is 1. The van der Waals surface area contributed by atoms with E-state index in [1.807, 2.05) is 5.38 Å². The van der Waals surface area contributed by atoms with Gasteiger partial charge in [-0.2, -0.15) is 5.10 Å². The maximum atomic E-state index is 12.0. The molecule has 112 valence electrons. The molecule has 0 saturated carbocycles. The molecule has 0 saturated heterocycles. The van der Waals surface area contributed by atoms with Gasteiger partial charge in [-0.3, -0.25) is 9.89 Å². The van der Waals surface area contributed by atoms with E-state index < -0.39 is 0 Å². The van der Waals surface area contributed by atoms with E-state index in [4.69, 9.17) is 5.73 Å². The van der Waals surface area contributed by atoms with Gasteiger partial charge in [0.25, 0.3) is 5.91 Å². The van der Waals surface area contributed by atoms with E-state index in [0.717, 1.165) is 5.01 Å². The number of nitrogens with one attached hydrogen (secondary N) is 2. The standard InChI is InChI=1S/C14H14N6OS/c15-10-3-1-9(2-4-10)14(21)17-8-12-18-11(19-20-12)7-13-16-5-6-22-13/h1-6H,7-8,15H2,(H,17,21)(H,18,19,20). The smallest absolute Gasteiger partial charge is 0.251 e. The van der Waals surface area contributed by atoms with Crippen LogP contribution in [0, 0.1) is 0 Å². The van der Waals surface area contributed by atoms with Crippen LogP contribution in [0.3, 0.4) is 0 Å². The fourth-order valence-electron chi connectivity index (χ4n) is 1.87. The highest BCUT2D eigenvalue weighted by Gasteiger charge is 2.08. The van der Waals surface area contributed by atoms with E-state index in [1.54, 1.807) is 41.8 Å².